The molecule has 0 unspecified atom stereocenters. The van der Waals surface area contributed by atoms with Crippen molar-refractivity contribution in [2.24, 2.45) is 0 Å². The van der Waals surface area contributed by atoms with Crippen LogP contribution in [0, 0.1) is 17.1 Å². The predicted molar refractivity (Wildman–Crippen MR) is 78.4 cm³/mol. The molecule has 2 rings (SSSR count). The first-order valence-electron chi connectivity index (χ1n) is 6.29. The molecule has 2 aromatic rings. The van der Waals surface area contributed by atoms with Crippen molar-refractivity contribution in [1.29, 1.82) is 5.26 Å². The molecule has 2 nitrogen and oxygen atoms in total. The molecule has 0 aromatic heterocycles. The Labute approximate surface area is 122 Å². The smallest absolute Gasteiger partial charge is 0.123 e. The minimum absolute atomic E-state index is 0.210. The van der Waals surface area contributed by atoms with Gasteiger partial charge in [0.15, 0.2) is 0 Å². The molecule has 0 N–H and O–H groups in total. The molecule has 2 aromatic carbocycles. The number of rotatable bonds is 6. The molecule has 20 heavy (non-hydrogen) atoms. The van der Waals surface area contributed by atoms with Gasteiger partial charge in [-0.15, -0.1) is 11.8 Å². The van der Waals surface area contributed by atoms with Crippen molar-refractivity contribution < 1.29 is 9.13 Å². The first kappa shape index (κ1) is 14.4. The van der Waals surface area contributed by atoms with E-state index >= 15 is 0 Å². The van der Waals surface area contributed by atoms with Gasteiger partial charge in [-0.05, 0) is 55.0 Å². The Morgan fingerprint density at radius 2 is 1.75 bits per heavy atom. The number of thioether (sulfide) groups is 1. The van der Waals surface area contributed by atoms with Gasteiger partial charge < -0.3 is 4.74 Å². The molecule has 0 heterocycles. The molecule has 0 aliphatic carbocycles. The predicted octanol–water partition coefficient (Wildman–Crippen LogP) is 4.26. The highest BCUT2D eigenvalue weighted by molar-refractivity contribution is 7.99. The average Bonchev–Trinajstić information content (AvgIpc) is 2.49. The highest BCUT2D eigenvalue weighted by Gasteiger charge is 1.97. The summed E-state index contributed by atoms with van der Waals surface area (Å²) in [5.74, 6) is 1.48. The number of hydrogen-bond donors (Lipinski definition) is 0. The molecule has 102 valence electrons. The summed E-state index contributed by atoms with van der Waals surface area (Å²) in [6.07, 6.45) is 0.905. The zero-order valence-corrected chi connectivity index (χ0v) is 11.7. The number of hydrogen-bond acceptors (Lipinski definition) is 3. The number of nitriles is 1. The minimum atomic E-state index is -0.210. The van der Waals surface area contributed by atoms with E-state index in [-0.39, 0.29) is 5.82 Å². The van der Waals surface area contributed by atoms with Crippen LogP contribution < -0.4 is 4.74 Å². The fraction of sp³-hybridized carbons (Fsp3) is 0.188. The van der Waals surface area contributed by atoms with Crippen molar-refractivity contribution in [3.05, 3.63) is 59.9 Å². The summed E-state index contributed by atoms with van der Waals surface area (Å²) in [4.78, 5) is 1.06. The summed E-state index contributed by atoms with van der Waals surface area (Å²) in [5, 5.41) is 8.68. The second-order valence-electron chi connectivity index (χ2n) is 4.14. The normalized spacial score (nSPS) is 10.0. The summed E-state index contributed by atoms with van der Waals surface area (Å²) in [6, 6.07) is 15.6. The third kappa shape index (κ3) is 4.60. The molecule has 0 atom stereocenters. The lowest BCUT2D eigenvalue weighted by atomic mass is 10.2. The van der Waals surface area contributed by atoms with Gasteiger partial charge in [-0.1, -0.05) is 0 Å². The lowest BCUT2D eigenvalue weighted by molar-refractivity contribution is 0.318. The monoisotopic (exact) mass is 287 g/mol. The lowest BCUT2D eigenvalue weighted by Gasteiger charge is -2.06. The second kappa shape index (κ2) is 7.56. The van der Waals surface area contributed by atoms with E-state index < -0.39 is 0 Å². The summed E-state index contributed by atoms with van der Waals surface area (Å²) in [6.45, 7) is 0.625. The van der Waals surface area contributed by atoms with Crippen LogP contribution in [-0.2, 0) is 0 Å². The fourth-order valence-electron chi connectivity index (χ4n) is 1.60. The van der Waals surface area contributed by atoms with Gasteiger partial charge in [0.1, 0.15) is 11.6 Å². The van der Waals surface area contributed by atoms with Gasteiger partial charge in [-0.25, -0.2) is 4.39 Å². The van der Waals surface area contributed by atoms with Crippen molar-refractivity contribution in [2.75, 3.05) is 12.4 Å². The number of benzene rings is 2. The van der Waals surface area contributed by atoms with Gasteiger partial charge in [-0.3, -0.25) is 0 Å². The van der Waals surface area contributed by atoms with Crippen molar-refractivity contribution in [3.8, 4) is 11.8 Å². The van der Waals surface area contributed by atoms with Crippen LogP contribution in [-0.4, -0.2) is 12.4 Å². The van der Waals surface area contributed by atoms with Crippen LogP contribution >= 0.6 is 11.8 Å². The van der Waals surface area contributed by atoms with Gasteiger partial charge in [-0.2, -0.15) is 5.26 Å². The largest absolute Gasteiger partial charge is 0.494 e. The molecule has 0 bridgehead atoms. The van der Waals surface area contributed by atoms with E-state index in [4.69, 9.17) is 10.00 Å². The van der Waals surface area contributed by atoms with Gasteiger partial charge >= 0.3 is 0 Å². The molecule has 0 spiro atoms. The highest BCUT2D eigenvalue weighted by atomic mass is 32.2. The maximum atomic E-state index is 12.7. The van der Waals surface area contributed by atoms with Gasteiger partial charge in [0, 0.05) is 10.6 Å². The lowest BCUT2D eigenvalue weighted by Crippen LogP contribution is -1.98. The van der Waals surface area contributed by atoms with E-state index in [1.807, 2.05) is 0 Å². The molecule has 0 saturated heterocycles. The zero-order valence-electron chi connectivity index (χ0n) is 10.9. The topological polar surface area (TPSA) is 33.0 Å². The van der Waals surface area contributed by atoms with Gasteiger partial charge in [0.25, 0.3) is 0 Å². The summed E-state index contributed by atoms with van der Waals surface area (Å²) >= 11 is 1.68. The average molecular weight is 287 g/mol. The molecule has 0 radical (unpaired) electrons. The van der Waals surface area contributed by atoms with Crippen LogP contribution in [0.1, 0.15) is 12.0 Å². The first-order chi connectivity index (χ1) is 9.78. The van der Waals surface area contributed by atoms with Crippen molar-refractivity contribution in [2.45, 2.75) is 11.3 Å². The molecule has 0 aliphatic rings. The highest BCUT2D eigenvalue weighted by Crippen LogP contribution is 2.19. The minimum Gasteiger partial charge on any atom is -0.494 e. The van der Waals surface area contributed by atoms with E-state index in [1.54, 1.807) is 48.2 Å². The molecular weight excluding hydrogens is 273 g/mol. The Morgan fingerprint density at radius 3 is 2.40 bits per heavy atom. The molecule has 0 aliphatic heterocycles. The summed E-state index contributed by atoms with van der Waals surface area (Å²) in [7, 11) is 0. The first-order valence-corrected chi connectivity index (χ1v) is 7.28. The Morgan fingerprint density at radius 1 is 1.05 bits per heavy atom. The maximum absolute atomic E-state index is 12.7. The molecular formula is C16H14FNOS. The van der Waals surface area contributed by atoms with Crippen LogP contribution in [0.5, 0.6) is 5.75 Å². The van der Waals surface area contributed by atoms with Crippen LogP contribution in [0.15, 0.2) is 53.4 Å². The van der Waals surface area contributed by atoms with Crippen LogP contribution in [0.3, 0.4) is 0 Å². The second-order valence-corrected chi connectivity index (χ2v) is 5.31. The van der Waals surface area contributed by atoms with Gasteiger partial charge in [0.05, 0.1) is 18.2 Å². The third-order valence-electron chi connectivity index (χ3n) is 2.62. The fourth-order valence-corrected chi connectivity index (χ4v) is 2.42. The Bertz CT molecular complexity index is 575. The van der Waals surface area contributed by atoms with E-state index in [9.17, 15) is 4.39 Å². The van der Waals surface area contributed by atoms with Crippen molar-refractivity contribution >= 4 is 11.8 Å². The molecule has 0 amide bonds. The standard InChI is InChI=1S/C16H14FNOS/c17-14-4-8-16(9-5-14)20-11-1-10-19-15-6-2-13(12-18)3-7-15/h2-9H,1,10-11H2. The Hall–Kier alpha value is -1.99. The van der Waals surface area contributed by atoms with E-state index in [2.05, 4.69) is 6.07 Å². The zero-order chi connectivity index (χ0) is 14.2. The quantitative estimate of drug-likeness (QED) is 0.588. The van der Waals surface area contributed by atoms with E-state index in [1.165, 1.54) is 12.1 Å². The third-order valence-corrected chi connectivity index (χ3v) is 3.72. The van der Waals surface area contributed by atoms with Crippen LogP contribution in [0.4, 0.5) is 4.39 Å². The maximum Gasteiger partial charge on any atom is 0.123 e. The molecule has 4 heteroatoms. The Kier molecular flexibility index (Phi) is 5.45. The molecule has 0 saturated carbocycles. The van der Waals surface area contributed by atoms with Crippen molar-refractivity contribution in [3.63, 3.8) is 0 Å². The number of ether oxygens (including phenoxy) is 1. The number of halogens is 1. The molecule has 0 fully saturated rings. The van der Waals surface area contributed by atoms with Crippen LogP contribution in [0.25, 0.3) is 0 Å². The summed E-state index contributed by atoms with van der Waals surface area (Å²) in [5.41, 5.74) is 0.629. The van der Waals surface area contributed by atoms with E-state index in [0.29, 0.717) is 12.2 Å². The van der Waals surface area contributed by atoms with Crippen LogP contribution in [0.2, 0.25) is 0 Å². The Balaban J connectivity index is 1.66. The van der Waals surface area contributed by atoms with Gasteiger partial charge in [0.2, 0.25) is 0 Å². The van der Waals surface area contributed by atoms with Crippen molar-refractivity contribution in [1.82, 2.24) is 0 Å². The number of nitrogens with zero attached hydrogens (tertiary/aromatic N) is 1. The summed E-state index contributed by atoms with van der Waals surface area (Å²) < 4.78 is 18.3. The van der Waals surface area contributed by atoms with E-state index in [0.717, 1.165) is 22.8 Å². The SMILES string of the molecule is N#Cc1ccc(OCCCSc2ccc(F)cc2)cc1.